The lowest BCUT2D eigenvalue weighted by Gasteiger charge is -2.47. The van der Waals surface area contributed by atoms with E-state index < -0.39 is 0 Å². The molecule has 1 aliphatic rings. The Balaban J connectivity index is 1.66. The number of pyridine rings is 2. The highest BCUT2D eigenvalue weighted by Crippen LogP contribution is 2.32. The van der Waals surface area contributed by atoms with E-state index in [0.717, 1.165) is 23.4 Å². The maximum Gasteiger partial charge on any atom is 0.252 e. The monoisotopic (exact) mass is 423 g/mol. The largest absolute Gasteiger partial charge is 0.364 e. The molecule has 0 spiro atoms. The first kappa shape index (κ1) is 21.0. The number of hydrogen-bond acceptors (Lipinski definition) is 6. The summed E-state index contributed by atoms with van der Waals surface area (Å²) in [5.74, 6) is -0.340. The van der Waals surface area contributed by atoms with Crippen molar-refractivity contribution in [2.45, 2.75) is 45.4 Å². The number of fused-ring (bicyclic) bond motifs is 1. The van der Waals surface area contributed by atoms with Crippen LogP contribution in [0.1, 0.15) is 32.5 Å². The lowest BCUT2D eigenvalue weighted by Crippen LogP contribution is -2.57. The minimum atomic E-state index is -0.340. The fourth-order valence-corrected chi connectivity index (χ4v) is 4.44. The highest BCUT2D eigenvalue weighted by atomic mass is 19.1. The van der Waals surface area contributed by atoms with Crippen molar-refractivity contribution in [1.82, 2.24) is 24.2 Å². The Morgan fingerprint density at radius 3 is 2.74 bits per heavy atom. The smallest absolute Gasteiger partial charge is 0.252 e. The van der Waals surface area contributed by atoms with Gasteiger partial charge in [0.05, 0.1) is 35.4 Å². The van der Waals surface area contributed by atoms with Gasteiger partial charge in [0.1, 0.15) is 17.9 Å². The van der Waals surface area contributed by atoms with Gasteiger partial charge < -0.3 is 9.47 Å². The van der Waals surface area contributed by atoms with Crippen molar-refractivity contribution in [2.24, 2.45) is 7.05 Å². The van der Waals surface area contributed by atoms with Crippen molar-refractivity contribution < 1.29 is 4.39 Å². The molecular weight excluding hydrogens is 397 g/mol. The summed E-state index contributed by atoms with van der Waals surface area (Å²) in [6.07, 6.45) is 3.00. The predicted molar refractivity (Wildman–Crippen MR) is 116 cm³/mol. The Kier molecular flexibility index (Phi) is 5.50. The molecule has 9 heteroatoms. The number of rotatable bonds is 4. The van der Waals surface area contributed by atoms with Gasteiger partial charge in [0.15, 0.2) is 0 Å². The second-order valence-electron chi connectivity index (χ2n) is 8.27. The first-order valence-electron chi connectivity index (χ1n) is 10.4. The molecule has 0 bridgehead atoms. The fourth-order valence-electron chi connectivity index (χ4n) is 4.44. The summed E-state index contributed by atoms with van der Waals surface area (Å²) in [5, 5.41) is 13.6. The van der Waals surface area contributed by atoms with Gasteiger partial charge in [-0.05, 0) is 32.9 Å². The Bertz CT molecular complexity index is 1190. The third-order valence-electron chi connectivity index (χ3n) is 6.19. The van der Waals surface area contributed by atoms with E-state index >= 15 is 0 Å². The van der Waals surface area contributed by atoms with Crippen molar-refractivity contribution in [2.75, 3.05) is 18.0 Å². The highest BCUT2D eigenvalue weighted by molar-refractivity contribution is 5.88. The van der Waals surface area contributed by atoms with Crippen LogP contribution in [0.3, 0.4) is 0 Å². The zero-order valence-electron chi connectivity index (χ0n) is 18.2. The standard InChI is InChI=1S/C22H26FN7O/c1-14-12-30(15(2)11-29(14)16(3)18-6-5-17(23)10-25-18)19-9-21(31)27(4)20-13-28(8-7-24)26-22(19)20/h5-6,9-10,13-16H,8,11-12H2,1-4H3/t14-,15+,16?/m1/s1. The molecule has 0 amide bonds. The molecule has 1 aliphatic heterocycles. The molecule has 0 aliphatic carbocycles. The maximum absolute atomic E-state index is 13.3. The molecule has 1 unspecified atom stereocenters. The molecule has 8 nitrogen and oxygen atoms in total. The zero-order chi connectivity index (χ0) is 22.3. The number of aryl methyl sites for hydroxylation is 1. The summed E-state index contributed by atoms with van der Waals surface area (Å²) >= 11 is 0. The van der Waals surface area contributed by atoms with Gasteiger partial charge in [0.25, 0.3) is 5.56 Å². The van der Waals surface area contributed by atoms with Crippen LogP contribution in [0, 0.1) is 17.1 Å². The van der Waals surface area contributed by atoms with Gasteiger partial charge in [0, 0.05) is 44.3 Å². The van der Waals surface area contributed by atoms with Gasteiger partial charge in [-0.2, -0.15) is 10.4 Å². The van der Waals surface area contributed by atoms with Crippen molar-refractivity contribution in [1.29, 1.82) is 5.26 Å². The topological polar surface area (TPSA) is 83.0 Å². The van der Waals surface area contributed by atoms with E-state index in [1.807, 2.05) is 0 Å². The van der Waals surface area contributed by atoms with Gasteiger partial charge in [-0.25, -0.2) is 4.39 Å². The van der Waals surface area contributed by atoms with Gasteiger partial charge in [-0.15, -0.1) is 0 Å². The maximum atomic E-state index is 13.3. The summed E-state index contributed by atoms with van der Waals surface area (Å²) < 4.78 is 16.4. The van der Waals surface area contributed by atoms with Crippen LogP contribution in [0.2, 0.25) is 0 Å². The van der Waals surface area contributed by atoms with Crippen LogP contribution < -0.4 is 10.5 Å². The third-order valence-corrected chi connectivity index (χ3v) is 6.19. The molecule has 0 radical (unpaired) electrons. The van der Waals surface area contributed by atoms with Crippen LogP contribution in [-0.4, -0.2) is 49.4 Å². The summed E-state index contributed by atoms with van der Waals surface area (Å²) in [5.41, 5.74) is 2.95. The molecule has 0 N–H and O–H groups in total. The van der Waals surface area contributed by atoms with Crippen LogP contribution in [0.15, 0.2) is 35.4 Å². The van der Waals surface area contributed by atoms with Gasteiger partial charge in [-0.3, -0.25) is 19.4 Å². The average Bonchev–Trinajstić information content (AvgIpc) is 3.17. The van der Waals surface area contributed by atoms with Crippen LogP contribution >= 0.6 is 0 Å². The number of anilines is 1. The summed E-state index contributed by atoms with van der Waals surface area (Å²) in [7, 11) is 1.72. The second kappa shape index (κ2) is 8.12. The molecule has 31 heavy (non-hydrogen) atoms. The van der Waals surface area contributed by atoms with Gasteiger partial charge >= 0.3 is 0 Å². The van der Waals surface area contributed by atoms with E-state index in [-0.39, 0.29) is 36.0 Å². The predicted octanol–water partition coefficient (Wildman–Crippen LogP) is 2.45. The number of aromatic nitrogens is 4. The van der Waals surface area contributed by atoms with Crippen molar-refractivity contribution >= 4 is 16.7 Å². The minimum Gasteiger partial charge on any atom is -0.364 e. The normalized spacial score (nSPS) is 20.7. The summed E-state index contributed by atoms with van der Waals surface area (Å²) in [6.45, 7) is 7.95. The van der Waals surface area contributed by atoms with E-state index in [2.05, 4.69) is 46.7 Å². The molecule has 1 fully saturated rings. The Morgan fingerprint density at radius 1 is 1.29 bits per heavy atom. The zero-order valence-corrected chi connectivity index (χ0v) is 18.2. The molecule has 3 atom stereocenters. The minimum absolute atomic E-state index is 0.0405. The van der Waals surface area contributed by atoms with Crippen LogP contribution in [0.5, 0.6) is 0 Å². The molecule has 0 saturated carbocycles. The molecule has 0 aromatic carbocycles. The van der Waals surface area contributed by atoms with E-state index in [4.69, 9.17) is 5.26 Å². The quantitative estimate of drug-likeness (QED) is 0.641. The third kappa shape index (κ3) is 3.79. The van der Waals surface area contributed by atoms with Gasteiger partial charge in [0.2, 0.25) is 0 Å². The number of halogens is 1. The lowest BCUT2D eigenvalue weighted by atomic mass is 10.0. The Morgan fingerprint density at radius 2 is 2.06 bits per heavy atom. The Hall–Kier alpha value is -3.25. The number of hydrogen-bond donors (Lipinski definition) is 0. The number of piperazine rings is 1. The molecule has 3 aromatic rings. The van der Waals surface area contributed by atoms with Crippen LogP contribution in [0.25, 0.3) is 11.0 Å². The van der Waals surface area contributed by atoms with Crippen LogP contribution in [-0.2, 0) is 13.6 Å². The molecule has 3 aromatic heterocycles. The molecule has 1 saturated heterocycles. The summed E-state index contributed by atoms with van der Waals surface area (Å²) in [4.78, 5) is 21.5. The van der Waals surface area contributed by atoms with E-state index in [1.54, 1.807) is 34.6 Å². The Labute approximate surface area is 180 Å². The summed E-state index contributed by atoms with van der Waals surface area (Å²) in [6, 6.07) is 7.24. The SMILES string of the molecule is CC(c1ccc(F)cn1)N1C[C@H](C)N(c2cc(=O)n(C)c3cn(CC#N)nc23)C[C@H]1C. The fraction of sp³-hybridized carbons (Fsp3) is 0.455. The average molecular weight is 423 g/mol. The van der Waals surface area contributed by atoms with Gasteiger partial charge in [-0.1, -0.05) is 0 Å². The molecular formula is C22H26FN7O. The molecule has 4 rings (SSSR count). The lowest BCUT2D eigenvalue weighted by molar-refractivity contribution is 0.117. The highest BCUT2D eigenvalue weighted by Gasteiger charge is 2.34. The number of nitrogens with zero attached hydrogens (tertiary/aromatic N) is 7. The first-order chi connectivity index (χ1) is 14.8. The van der Waals surface area contributed by atoms with Crippen LogP contribution in [0.4, 0.5) is 10.1 Å². The van der Waals surface area contributed by atoms with Crippen molar-refractivity contribution in [3.05, 3.63) is 52.5 Å². The first-order valence-corrected chi connectivity index (χ1v) is 10.4. The van der Waals surface area contributed by atoms with E-state index in [9.17, 15) is 9.18 Å². The number of nitriles is 1. The van der Waals surface area contributed by atoms with E-state index in [0.29, 0.717) is 12.1 Å². The van der Waals surface area contributed by atoms with Crippen molar-refractivity contribution in [3.8, 4) is 6.07 Å². The molecule has 162 valence electrons. The van der Waals surface area contributed by atoms with Crippen molar-refractivity contribution in [3.63, 3.8) is 0 Å². The van der Waals surface area contributed by atoms with E-state index in [1.165, 1.54) is 12.3 Å². The second-order valence-corrected chi connectivity index (χ2v) is 8.27. The molecule has 4 heterocycles.